The molecule has 0 heterocycles. The molecule has 2 rings (SSSR count). The van der Waals surface area contributed by atoms with Crippen molar-refractivity contribution in [1.82, 2.24) is 0 Å². The standard InChI is InChI=1S/C12H11F3N2O/c13-8-4-10(15)11(5-9(8)14)17-12(18)6-1-2-7(16)3-6/h1-2,4-7H,3,16H2,(H,17,18). The van der Waals surface area contributed by atoms with Gasteiger partial charge < -0.3 is 11.1 Å². The van der Waals surface area contributed by atoms with E-state index in [4.69, 9.17) is 5.73 Å². The SMILES string of the molecule is NC1C=CC(C(=O)Nc2cc(F)c(F)cc2F)C1. The van der Waals surface area contributed by atoms with Crippen molar-refractivity contribution in [2.45, 2.75) is 12.5 Å². The Bertz CT molecular complexity index is 516. The summed E-state index contributed by atoms with van der Waals surface area (Å²) in [7, 11) is 0. The fourth-order valence-corrected chi connectivity index (χ4v) is 1.77. The van der Waals surface area contributed by atoms with Gasteiger partial charge in [0.1, 0.15) is 5.82 Å². The zero-order chi connectivity index (χ0) is 13.3. The molecule has 0 bridgehead atoms. The Kier molecular flexibility index (Phi) is 3.38. The van der Waals surface area contributed by atoms with Crippen molar-refractivity contribution in [3.05, 3.63) is 41.7 Å². The van der Waals surface area contributed by atoms with Gasteiger partial charge in [-0.3, -0.25) is 4.79 Å². The Labute approximate surface area is 101 Å². The minimum atomic E-state index is -1.30. The molecular formula is C12H11F3N2O. The van der Waals surface area contributed by atoms with Crippen LogP contribution in [0.25, 0.3) is 0 Å². The molecular weight excluding hydrogens is 245 g/mol. The highest BCUT2D eigenvalue weighted by Gasteiger charge is 2.23. The molecule has 2 atom stereocenters. The summed E-state index contributed by atoms with van der Waals surface area (Å²) in [6, 6.07) is 0.790. The van der Waals surface area contributed by atoms with Crippen LogP contribution in [0.5, 0.6) is 0 Å². The van der Waals surface area contributed by atoms with Crippen LogP contribution in [0, 0.1) is 23.4 Å². The van der Waals surface area contributed by atoms with E-state index in [0.717, 1.165) is 0 Å². The number of halogens is 3. The summed E-state index contributed by atoms with van der Waals surface area (Å²) in [4.78, 5) is 11.7. The second-order valence-electron chi connectivity index (χ2n) is 4.13. The van der Waals surface area contributed by atoms with Crippen LogP contribution in [0.1, 0.15) is 6.42 Å². The molecule has 3 nitrogen and oxygen atoms in total. The van der Waals surface area contributed by atoms with E-state index in [1.165, 1.54) is 0 Å². The van der Waals surface area contributed by atoms with Crippen LogP contribution in [0.4, 0.5) is 18.9 Å². The lowest BCUT2D eigenvalue weighted by molar-refractivity contribution is -0.118. The summed E-state index contributed by atoms with van der Waals surface area (Å²) in [5.41, 5.74) is 5.20. The maximum absolute atomic E-state index is 13.3. The van der Waals surface area contributed by atoms with E-state index in [0.29, 0.717) is 18.6 Å². The summed E-state index contributed by atoms with van der Waals surface area (Å²) in [6.07, 6.45) is 3.70. The molecule has 2 unspecified atom stereocenters. The molecule has 96 valence electrons. The Hall–Kier alpha value is -1.82. The van der Waals surface area contributed by atoms with Crippen LogP contribution in [-0.2, 0) is 4.79 Å². The molecule has 0 radical (unpaired) electrons. The lowest BCUT2D eigenvalue weighted by atomic mass is 10.1. The Morgan fingerprint density at radius 2 is 1.83 bits per heavy atom. The van der Waals surface area contributed by atoms with Gasteiger partial charge in [0.05, 0.1) is 11.6 Å². The number of benzene rings is 1. The van der Waals surface area contributed by atoms with Gasteiger partial charge >= 0.3 is 0 Å². The highest BCUT2D eigenvalue weighted by Crippen LogP contribution is 2.22. The van der Waals surface area contributed by atoms with Gasteiger partial charge in [-0.2, -0.15) is 0 Å². The van der Waals surface area contributed by atoms with E-state index in [2.05, 4.69) is 5.32 Å². The van der Waals surface area contributed by atoms with Gasteiger partial charge in [0.25, 0.3) is 0 Å². The maximum Gasteiger partial charge on any atom is 0.231 e. The minimum Gasteiger partial charge on any atom is -0.324 e. The number of amides is 1. The van der Waals surface area contributed by atoms with Crippen LogP contribution in [0.3, 0.4) is 0 Å². The summed E-state index contributed by atoms with van der Waals surface area (Å²) in [5.74, 6) is -4.51. The fourth-order valence-electron chi connectivity index (χ4n) is 1.77. The third-order valence-corrected chi connectivity index (χ3v) is 2.72. The molecule has 0 saturated carbocycles. The predicted octanol–water partition coefficient (Wildman–Crippen LogP) is 1.95. The van der Waals surface area contributed by atoms with Gasteiger partial charge in [0, 0.05) is 18.2 Å². The van der Waals surface area contributed by atoms with Crippen LogP contribution < -0.4 is 11.1 Å². The number of carbonyl (C=O) groups is 1. The monoisotopic (exact) mass is 256 g/mol. The normalized spacial score (nSPS) is 22.2. The number of hydrogen-bond donors (Lipinski definition) is 2. The molecule has 3 N–H and O–H groups in total. The molecule has 1 aliphatic carbocycles. The summed E-state index contributed by atoms with van der Waals surface area (Å²) in [6.45, 7) is 0. The number of nitrogens with two attached hydrogens (primary N) is 1. The van der Waals surface area contributed by atoms with E-state index >= 15 is 0 Å². The molecule has 0 aliphatic heterocycles. The summed E-state index contributed by atoms with van der Waals surface area (Å²) >= 11 is 0. The average Bonchev–Trinajstić information content (AvgIpc) is 2.73. The number of carbonyl (C=O) groups excluding carboxylic acids is 1. The van der Waals surface area contributed by atoms with Crippen LogP contribution in [0.2, 0.25) is 0 Å². The number of nitrogens with one attached hydrogen (secondary N) is 1. The van der Waals surface area contributed by atoms with Gasteiger partial charge in [-0.1, -0.05) is 12.2 Å². The van der Waals surface area contributed by atoms with Crippen LogP contribution in [-0.4, -0.2) is 11.9 Å². The van der Waals surface area contributed by atoms with E-state index in [9.17, 15) is 18.0 Å². The predicted molar refractivity (Wildman–Crippen MR) is 60.2 cm³/mol. The number of hydrogen-bond acceptors (Lipinski definition) is 2. The molecule has 0 saturated heterocycles. The summed E-state index contributed by atoms with van der Waals surface area (Å²) < 4.78 is 38.9. The third kappa shape index (κ3) is 2.53. The highest BCUT2D eigenvalue weighted by molar-refractivity contribution is 5.94. The first-order valence-corrected chi connectivity index (χ1v) is 5.36. The Morgan fingerprint density at radius 1 is 1.17 bits per heavy atom. The molecule has 6 heteroatoms. The smallest absolute Gasteiger partial charge is 0.231 e. The zero-order valence-electron chi connectivity index (χ0n) is 9.29. The molecule has 1 amide bonds. The molecule has 1 aromatic rings. The minimum absolute atomic E-state index is 0.212. The van der Waals surface area contributed by atoms with E-state index in [-0.39, 0.29) is 11.7 Å². The number of rotatable bonds is 2. The van der Waals surface area contributed by atoms with Gasteiger partial charge in [-0.25, -0.2) is 13.2 Å². The lowest BCUT2D eigenvalue weighted by Crippen LogP contribution is -2.24. The van der Waals surface area contributed by atoms with Crippen molar-refractivity contribution in [3.63, 3.8) is 0 Å². The van der Waals surface area contributed by atoms with E-state index in [1.807, 2.05) is 0 Å². The van der Waals surface area contributed by atoms with E-state index in [1.54, 1.807) is 12.2 Å². The topological polar surface area (TPSA) is 55.1 Å². The largest absolute Gasteiger partial charge is 0.324 e. The highest BCUT2D eigenvalue weighted by atomic mass is 19.2. The first-order chi connectivity index (χ1) is 8.47. The molecule has 1 aromatic carbocycles. The van der Waals surface area contributed by atoms with Crippen molar-refractivity contribution in [2.24, 2.45) is 11.7 Å². The van der Waals surface area contributed by atoms with Gasteiger partial charge in [0.15, 0.2) is 11.6 Å². The van der Waals surface area contributed by atoms with Crippen molar-refractivity contribution in [2.75, 3.05) is 5.32 Å². The van der Waals surface area contributed by atoms with Gasteiger partial charge in [-0.15, -0.1) is 0 Å². The zero-order valence-corrected chi connectivity index (χ0v) is 9.29. The van der Waals surface area contributed by atoms with Crippen molar-refractivity contribution in [3.8, 4) is 0 Å². The van der Waals surface area contributed by atoms with Crippen molar-refractivity contribution in [1.29, 1.82) is 0 Å². The molecule has 0 fully saturated rings. The third-order valence-electron chi connectivity index (χ3n) is 2.72. The van der Waals surface area contributed by atoms with Crippen molar-refractivity contribution >= 4 is 11.6 Å². The van der Waals surface area contributed by atoms with Gasteiger partial charge in [-0.05, 0) is 6.42 Å². The number of anilines is 1. The van der Waals surface area contributed by atoms with Gasteiger partial charge in [0.2, 0.25) is 5.91 Å². The quantitative estimate of drug-likeness (QED) is 0.627. The lowest BCUT2D eigenvalue weighted by Gasteiger charge is -2.11. The maximum atomic E-state index is 13.3. The summed E-state index contributed by atoms with van der Waals surface area (Å²) in [5, 5.41) is 2.21. The Morgan fingerprint density at radius 3 is 2.44 bits per heavy atom. The Balaban J connectivity index is 2.12. The molecule has 0 aromatic heterocycles. The van der Waals surface area contributed by atoms with Crippen LogP contribution in [0.15, 0.2) is 24.3 Å². The average molecular weight is 256 g/mol. The van der Waals surface area contributed by atoms with Crippen molar-refractivity contribution < 1.29 is 18.0 Å². The van der Waals surface area contributed by atoms with E-state index < -0.39 is 29.3 Å². The second kappa shape index (κ2) is 4.81. The second-order valence-corrected chi connectivity index (χ2v) is 4.13. The molecule has 0 spiro atoms. The first-order valence-electron chi connectivity index (χ1n) is 5.36. The van der Waals surface area contributed by atoms with Crippen LogP contribution >= 0.6 is 0 Å². The molecule has 1 aliphatic rings. The first kappa shape index (κ1) is 12.6. The fraction of sp³-hybridized carbons (Fsp3) is 0.250. The molecule has 18 heavy (non-hydrogen) atoms.